The number of halogens is 1. The van der Waals surface area contributed by atoms with Crippen LogP contribution in [-0.2, 0) is 13.0 Å². The Kier molecular flexibility index (Phi) is 6.68. The second kappa shape index (κ2) is 9.62. The van der Waals surface area contributed by atoms with Gasteiger partial charge in [-0.1, -0.05) is 37.3 Å². The van der Waals surface area contributed by atoms with Crippen LogP contribution in [0, 0.1) is 11.7 Å². The molecule has 5 nitrogen and oxygen atoms in total. The van der Waals surface area contributed by atoms with E-state index in [1.807, 2.05) is 37.3 Å². The van der Waals surface area contributed by atoms with Gasteiger partial charge in [0.1, 0.15) is 0 Å². The molecular weight excluding hydrogens is 393 g/mol. The highest BCUT2D eigenvalue weighted by Gasteiger charge is 2.28. The van der Waals surface area contributed by atoms with Crippen molar-refractivity contribution in [2.45, 2.75) is 45.8 Å². The van der Waals surface area contributed by atoms with Gasteiger partial charge in [-0.15, -0.1) is 0 Å². The van der Waals surface area contributed by atoms with Crippen LogP contribution in [0.5, 0.6) is 11.6 Å². The fraction of sp³-hybridized carbons (Fsp3) is 0.400. The van der Waals surface area contributed by atoms with E-state index in [4.69, 9.17) is 9.84 Å². The maximum absolute atomic E-state index is 14.4. The van der Waals surface area contributed by atoms with Crippen LogP contribution < -0.4 is 4.74 Å². The fourth-order valence-corrected chi connectivity index (χ4v) is 3.87. The first kappa shape index (κ1) is 21.5. The minimum Gasteiger partial charge on any atom is -0.435 e. The molecule has 1 aromatic heterocycles. The van der Waals surface area contributed by atoms with Gasteiger partial charge in [-0.25, -0.2) is 9.07 Å². The number of nitrogens with zero attached hydrogens (tertiary/aromatic N) is 3. The first-order valence-electron chi connectivity index (χ1n) is 11.0. The van der Waals surface area contributed by atoms with Gasteiger partial charge in [0.05, 0.1) is 23.0 Å². The number of aliphatic hydroxyl groups excluding tert-OH is 1. The van der Waals surface area contributed by atoms with Crippen molar-refractivity contribution in [1.82, 2.24) is 14.7 Å². The zero-order chi connectivity index (χ0) is 21.8. The zero-order valence-corrected chi connectivity index (χ0v) is 18.2. The molecule has 3 aromatic rings. The molecule has 164 valence electrons. The lowest BCUT2D eigenvalue weighted by molar-refractivity contribution is 0.118. The number of hydrogen-bond donors (Lipinski definition) is 1. The van der Waals surface area contributed by atoms with Gasteiger partial charge in [0.25, 0.3) is 0 Å². The smallest absolute Gasteiger partial charge is 0.227 e. The van der Waals surface area contributed by atoms with Crippen molar-refractivity contribution in [3.63, 3.8) is 0 Å². The number of benzene rings is 2. The Morgan fingerprint density at radius 2 is 1.87 bits per heavy atom. The number of aryl methyl sites for hydroxylation is 1. The summed E-state index contributed by atoms with van der Waals surface area (Å²) in [5.74, 6) is 0.974. The van der Waals surface area contributed by atoms with Crippen molar-refractivity contribution in [3.8, 4) is 17.3 Å². The Balaban J connectivity index is 1.76. The summed E-state index contributed by atoms with van der Waals surface area (Å²) in [5.41, 5.74) is 2.72. The summed E-state index contributed by atoms with van der Waals surface area (Å²) in [7, 11) is 0. The molecular formula is C25H30FN3O2. The maximum atomic E-state index is 14.4. The highest BCUT2D eigenvalue weighted by molar-refractivity contribution is 5.44. The Morgan fingerprint density at radius 1 is 1.16 bits per heavy atom. The standard InChI is InChI=1S/C25H30FN3O2/c1-3-23-21(17-28(15-18(2)30)16-19-13-14-19)25(31-24-12-8-7-11-22(24)26)29(27-23)20-9-5-4-6-10-20/h4-12,18-19,30H,3,13-17H2,1-2H3/t18-/m0/s1. The Hall–Kier alpha value is -2.70. The number of hydrogen-bond acceptors (Lipinski definition) is 4. The molecule has 1 heterocycles. The van der Waals surface area contributed by atoms with Gasteiger partial charge in [-0.05, 0) is 56.4 Å². The molecule has 1 atom stereocenters. The van der Waals surface area contributed by atoms with Crippen LogP contribution in [0.25, 0.3) is 5.69 Å². The van der Waals surface area contributed by atoms with Gasteiger partial charge < -0.3 is 9.84 Å². The van der Waals surface area contributed by atoms with Crippen LogP contribution >= 0.6 is 0 Å². The molecule has 0 bridgehead atoms. The van der Waals surface area contributed by atoms with Gasteiger partial charge in [0.2, 0.25) is 5.88 Å². The summed E-state index contributed by atoms with van der Waals surface area (Å²) >= 11 is 0. The van der Waals surface area contributed by atoms with E-state index in [-0.39, 0.29) is 5.75 Å². The molecule has 0 unspecified atom stereocenters. The van der Waals surface area contributed by atoms with E-state index in [0.717, 1.165) is 29.9 Å². The van der Waals surface area contributed by atoms with Gasteiger partial charge in [-0.3, -0.25) is 4.90 Å². The van der Waals surface area contributed by atoms with Crippen molar-refractivity contribution >= 4 is 0 Å². The summed E-state index contributed by atoms with van der Waals surface area (Å²) < 4.78 is 22.4. The normalized spacial score (nSPS) is 14.7. The lowest BCUT2D eigenvalue weighted by Gasteiger charge is -2.24. The zero-order valence-electron chi connectivity index (χ0n) is 18.2. The summed E-state index contributed by atoms with van der Waals surface area (Å²) in [6.07, 6.45) is 2.77. The minimum absolute atomic E-state index is 0.174. The summed E-state index contributed by atoms with van der Waals surface area (Å²) in [5, 5.41) is 14.9. The van der Waals surface area contributed by atoms with E-state index in [2.05, 4.69) is 11.8 Å². The van der Waals surface area contributed by atoms with Crippen LogP contribution in [0.4, 0.5) is 4.39 Å². The Bertz CT molecular complexity index is 995. The molecule has 1 fully saturated rings. The van der Waals surface area contributed by atoms with E-state index in [0.29, 0.717) is 24.9 Å². The number of para-hydroxylation sites is 2. The van der Waals surface area contributed by atoms with Crippen molar-refractivity contribution in [2.75, 3.05) is 13.1 Å². The number of rotatable bonds is 10. The van der Waals surface area contributed by atoms with E-state index in [1.54, 1.807) is 22.9 Å². The van der Waals surface area contributed by atoms with Gasteiger partial charge in [-0.2, -0.15) is 5.10 Å². The number of ether oxygens (including phenoxy) is 1. The molecule has 0 amide bonds. The largest absolute Gasteiger partial charge is 0.435 e. The van der Waals surface area contributed by atoms with Crippen molar-refractivity contribution in [3.05, 3.63) is 71.7 Å². The molecule has 0 spiro atoms. The molecule has 6 heteroatoms. The lowest BCUT2D eigenvalue weighted by Crippen LogP contribution is -2.32. The SMILES string of the molecule is CCc1nn(-c2ccccc2)c(Oc2ccccc2F)c1CN(CC1CC1)C[C@H](C)O. The van der Waals surface area contributed by atoms with Crippen LogP contribution in [-0.4, -0.2) is 39.0 Å². The Morgan fingerprint density at radius 3 is 2.52 bits per heavy atom. The predicted octanol–water partition coefficient (Wildman–Crippen LogP) is 4.96. The second-order valence-corrected chi connectivity index (χ2v) is 8.35. The second-order valence-electron chi connectivity index (χ2n) is 8.35. The molecule has 1 aliphatic rings. The highest BCUT2D eigenvalue weighted by atomic mass is 19.1. The fourth-order valence-electron chi connectivity index (χ4n) is 3.87. The molecule has 1 aliphatic carbocycles. The van der Waals surface area contributed by atoms with Crippen LogP contribution in [0.2, 0.25) is 0 Å². The van der Waals surface area contributed by atoms with Gasteiger partial charge >= 0.3 is 0 Å². The van der Waals surface area contributed by atoms with Crippen LogP contribution in [0.1, 0.15) is 37.9 Å². The molecule has 31 heavy (non-hydrogen) atoms. The third-order valence-electron chi connectivity index (χ3n) is 5.52. The highest BCUT2D eigenvalue weighted by Crippen LogP contribution is 2.35. The summed E-state index contributed by atoms with van der Waals surface area (Å²) in [6.45, 7) is 5.99. The average molecular weight is 424 g/mol. The predicted molar refractivity (Wildman–Crippen MR) is 119 cm³/mol. The molecule has 1 saturated carbocycles. The van der Waals surface area contributed by atoms with Crippen molar-refractivity contribution < 1.29 is 14.2 Å². The van der Waals surface area contributed by atoms with Crippen molar-refractivity contribution in [2.24, 2.45) is 5.92 Å². The van der Waals surface area contributed by atoms with Crippen molar-refractivity contribution in [1.29, 1.82) is 0 Å². The minimum atomic E-state index is -0.427. The van der Waals surface area contributed by atoms with Gasteiger partial charge in [0, 0.05) is 19.6 Å². The number of aliphatic hydroxyl groups is 1. The van der Waals surface area contributed by atoms with E-state index in [1.165, 1.54) is 18.9 Å². The third-order valence-corrected chi connectivity index (χ3v) is 5.52. The lowest BCUT2D eigenvalue weighted by atomic mass is 10.1. The topological polar surface area (TPSA) is 50.5 Å². The van der Waals surface area contributed by atoms with E-state index >= 15 is 0 Å². The van der Waals surface area contributed by atoms with E-state index < -0.39 is 11.9 Å². The van der Waals surface area contributed by atoms with E-state index in [9.17, 15) is 9.50 Å². The first-order chi connectivity index (χ1) is 15.0. The Labute approximate surface area is 183 Å². The first-order valence-corrected chi connectivity index (χ1v) is 11.0. The van der Waals surface area contributed by atoms with Crippen LogP contribution in [0.15, 0.2) is 54.6 Å². The summed E-state index contributed by atoms with van der Waals surface area (Å²) in [6, 6.07) is 16.2. The molecule has 0 saturated heterocycles. The third kappa shape index (κ3) is 5.32. The number of aromatic nitrogens is 2. The quantitative estimate of drug-likeness (QED) is 0.501. The van der Waals surface area contributed by atoms with Gasteiger partial charge in [0.15, 0.2) is 11.6 Å². The maximum Gasteiger partial charge on any atom is 0.227 e. The summed E-state index contributed by atoms with van der Waals surface area (Å²) in [4.78, 5) is 2.27. The molecule has 2 aromatic carbocycles. The molecule has 0 aliphatic heterocycles. The molecule has 4 rings (SSSR count). The average Bonchev–Trinajstić information content (AvgIpc) is 3.51. The monoisotopic (exact) mass is 423 g/mol. The van der Waals surface area contributed by atoms with Crippen LogP contribution in [0.3, 0.4) is 0 Å². The molecule has 0 radical (unpaired) electrons. The molecule has 1 N–H and O–H groups in total.